The summed E-state index contributed by atoms with van der Waals surface area (Å²) in [6.07, 6.45) is 3.78. The molecule has 1 amide bonds. The number of para-hydroxylation sites is 2. The van der Waals surface area contributed by atoms with Gasteiger partial charge in [-0.25, -0.2) is 19.7 Å². The Bertz CT molecular complexity index is 1680. The van der Waals surface area contributed by atoms with Crippen LogP contribution >= 0.6 is 11.6 Å². The van der Waals surface area contributed by atoms with E-state index in [1.807, 2.05) is 53.1 Å². The number of aromatic nitrogens is 6. The Morgan fingerprint density at radius 2 is 1.87 bits per heavy atom. The molecular formula is C27H27ClN8O2. The lowest BCUT2D eigenvalue weighted by atomic mass is 10.0. The summed E-state index contributed by atoms with van der Waals surface area (Å²) in [5, 5.41) is 3.64. The van der Waals surface area contributed by atoms with Crippen LogP contribution < -0.4 is 15.9 Å². The van der Waals surface area contributed by atoms with Crippen LogP contribution in [0.2, 0.25) is 5.02 Å². The Morgan fingerprint density at radius 3 is 2.66 bits per heavy atom. The summed E-state index contributed by atoms with van der Waals surface area (Å²) in [5.74, 6) is 0.733. The number of halogens is 1. The fourth-order valence-electron chi connectivity index (χ4n) is 5.24. The molecule has 11 heteroatoms. The number of H-pyrrole nitrogens is 1. The third-order valence-corrected chi connectivity index (χ3v) is 7.46. The zero-order valence-electron chi connectivity index (χ0n) is 20.9. The third-order valence-electron chi connectivity index (χ3n) is 7.21. The molecule has 2 N–H and O–H groups in total. The van der Waals surface area contributed by atoms with Crippen molar-refractivity contribution in [2.24, 2.45) is 7.05 Å². The number of fused-ring (bicyclic) bond motifs is 2. The van der Waals surface area contributed by atoms with Gasteiger partial charge in [0, 0.05) is 37.7 Å². The van der Waals surface area contributed by atoms with Gasteiger partial charge in [0.15, 0.2) is 17.0 Å². The smallest absolute Gasteiger partial charge is 0.326 e. The third kappa shape index (κ3) is 4.41. The molecule has 10 nitrogen and oxygen atoms in total. The number of aromatic amines is 1. The van der Waals surface area contributed by atoms with E-state index in [0.717, 1.165) is 29.4 Å². The molecule has 194 valence electrons. The standard InChI is InChI=1S/C27H27ClN8O2/c1-34-23-22(33-25(34)26(37)29-13-10-17-6-8-18(28)9-7-17)24(31-16-30-23)35-14-11-19(12-15-35)36-21-5-3-2-4-20(21)32-27(36)38/h2-9,16,19H,10-15H2,1H3,(H,29,37)(H,32,38). The number of anilines is 1. The van der Waals surface area contributed by atoms with Gasteiger partial charge < -0.3 is 19.8 Å². The zero-order valence-corrected chi connectivity index (χ0v) is 21.6. The van der Waals surface area contributed by atoms with Gasteiger partial charge in [0.1, 0.15) is 6.33 Å². The Balaban J connectivity index is 1.17. The predicted octanol–water partition coefficient (Wildman–Crippen LogP) is 3.47. The second kappa shape index (κ2) is 9.94. The normalized spacial score (nSPS) is 14.4. The SMILES string of the molecule is Cn1c(C(=O)NCCc2ccc(Cl)cc2)nc2c(N3CCC(n4c(=O)[nH]c5ccccc54)CC3)ncnc21. The summed E-state index contributed by atoms with van der Waals surface area (Å²) in [6, 6.07) is 15.4. The summed E-state index contributed by atoms with van der Waals surface area (Å²) in [6.45, 7) is 1.90. The number of imidazole rings is 2. The van der Waals surface area contributed by atoms with Crippen molar-refractivity contribution < 1.29 is 4.79 Å². The summed E-state index contributed by atoms with van der Waals surface area (Å²) in [5.41, 5.74) is 3.99. The molecule has 4 heterocycles. The van der Waals surface area contributed by atoms with Crippen molar-refractivity contribution in [1.29, 1.82) is 0 Å². The van der Waals surface area contributed by atoms with E-state index >= 15 is 0 Å². The van der Waals surface area contributed by atoms with Gasteiger partial charge >= 0.3 is 5.69 Å². The molecule has 1 aliphatic heterocycles. The first-order chi connectivity index (χ1) is 18.5. The molecule has 0 unspecified atom stereocenters. The van der Waals surface area contributed by atoms with Crippen LogP contribution in [0.25, 0.3) is 22.2 Å². The van der Waals surface area contributed by atoms with Crippen molar-refractivity contribution in [1.82, 2.24) is 34.4 Å². The molecular weight excluding hydrogens is 504 g/mol. The summed E-state index contributed by atoms with van der Waals surface area (Å²) >= 11 is 5.95. The van der Waals surface area contributed by atoms with Crippen LogP contribution in [-0.2, 0) is 13.5 Å². The number of hydrogen-bond donors (Lipinski definition) is 2. The lowest BCUT2D eigenvalue weighted by molar-refractivity contribution is 0.0941. The van der Waals surface area contributed by atoms with E-state index in [4.69, 9.17) is 11.6 Å². The van der Waals surface area contributed by atoms with E-state index in [9.17, 15) is 9.59 Å². The number of piperidine rings is 1. The summed E-state index contributed by atoms with van der Waals surface area (Å²) in [4.78, 5) is 44.3. The number of amides is 1. The summed E-state index contributed by atoms with van der Waals surface area (Å²) in [7, 11) is 1.79. The molecule has 6 rings (SSSR count). The second-order valence-electron chi connectivity index (χ2n) is 9.53. The van der Waals surface area contributed by atoms with Crippen molar-refractivity contribution in [2.45, 2.75) is 25.3 Å². The van der Waals surface area contributed by atoms with Gasteiger partial charge in [-0.15, -0.1) is 0 Å². The van der Waals surface area contributed by atoms with Gasteiger partial charge in [-0.05, 0) is 49.1 Å². The zero-order chi connectivity index (χ0) is 26.2. The van der Waals surface area contributed by atoms with Crippen LogP contribution in [0.3, 0.4) is 0 Å². The number of aryl methyl sites for hydroxylation is 1. The van der Waals surface area contributed by atoms with Crippen molar-refractivity contribution in [3.8, 4) is 0 Å². The van der Waals surface area contributed by atoms with Crippen molar-refractivity contribution in [3.05, 3.63) is 81.8 Å². The maximum absolute atomic E-state index is 13.0. The molecule has 2 aromatic carbocycles. The number of hydrogen-bond acceptors (Lipinski definition) is 6. The van der Waals surface area contributed by atoms with E-state index < -0.39 is 0 Å². The number of carbonyl (C=O) groups excluding carboxylic acids is 1. The minimum atomic E-state index is -0.261. The number of rotatable bonds is 6. The summed E-state index contributed by atoms with van der Waals surface area (Å²) < 4.78 is 3.58. The maximum atomic E-state index is 13.0. The first-order valence-corrected chi connectivity index (χ1v) is 13.0. The quantitative estimate of drug-likeness (QED) is 0.347. The van der Waals surface area contributed by atoms with Crippen LogP contribution in [0.4, 0.5) is 5.82 Å². The van der Waals surface area contributed by atoms with E-state index in [0.29, 0.717) is 48.1 Å². The lowest BCUT2D eigenvalue weighted by Crippen LogP contribution is -2.37. The number of carbonyl (C=O) groups is 1. The van der Waals surface area contributed by atoms with E-state index in [2.05, 4.69) is 30.2 Å². The minimum Gasteiger partial charge on any atom is -0.355 e. The van der Waals surface area contributed by atoms with Gasteiger partial charge in [-0.2, -0.15) is 0 Å². The molecule has 1 saturated heterocycles. The van der Waals surface area contributed by atoms with E-state index in [1.54, 1.807) is 11.6 Å². The molecule has 1 fully saturated rings. The average molecular weight is 531 g/mol. The van der Waals surface area contributed by atoms with Crippen molar-refractivity contribution in [3.63, 3.8) is 0 Å². The minimum absolute atomic E-state index is 0.0782. The van der Waals surface area contributed by atoms with Crippen LogP contribution in [-0.4, -0.2) is 54.6 Å². The molecule has 0 atom stereocenters. The largest absolute Gasteiger partial charge is 0.355 e. The van der Waals surface area contributed by atoms with Gasteiger partial charge in [-0.1, -0.05) is 35.9 Å². The van der Waals surface area contributed by atoms with Gasteiger partial charge in [0.25, 0.3) is 5.91 Å². The fourth-order valence-corrected chi connectivity index (χ4v) is 5.37. The molecule has 38 heavy (non-hydrogen) atoms. The number of nitrogens with zero attached hydrogens (tertiary/aromatic N) is 6. The van der Waals surface area contributed by atoms with Crippen molar-refractivity contribution in [2.75, 3.05) is 24.5 Å². The average Bonchev–Trinajstić information content (AvgIpc) is 3.46. The Morgan fingerprint density at radius 1 is 1.11 bits per heavy atom. The highest BCUT2D eigenvalue weighted by atomic mass is 35.5. The Labute approximate surface area is 223 Å². The fraction of sp³-hybridized carbons (Fsp3) is 0.296. The first-order valence-electron chi connectivity index (χ1n) is 12.6. The molecule has 3 aromatic heterocycles. The highest BCUT2D eigenvalue weighted by Crippen LogP contribution is 2.30. The molecule has 0 spiro atoms. The topological polar surface area (TPSA) is 114 Å². The van der Waals surface area contributed by atoms with E-state index in [1.165, 1.54) is 6.33 Å². The van der Waals surface area contributed by atoms with Gasteiger partial charge in [0.05, 0.1) is 11.0 Å². The highest BCUT2D eigenvalue weighted by molar-refractivity contribution is 6.30. The monoisotopic (exact) mass is 530 g/mol. The maximum Gasteiger partial charge on any atom is 0.326 e. The Kier molecular flexibility index (Phi) is 6.32. The van der Waals surface area contributed by atoms with Crippen LogP contribution in [0, 0.1) is 0 Å². The second-order valence-corrected chi connectivity index (χ2v) is 9.97. The lowest BCUT2D eigenvalue weighted by Gasteiger charge is -2.33. The molecule has 0 radical (unpaired) electrons. The van der Waals surface area contributed by atoms with Gasteiger partial charge in [-0.3, -0.25) is 9.36 Å². The molecule has 0 saturated carbocycles. The molecule has 1 aliphatic rings. The molecule has 0 bridgehead atoms. The van der Waals surface area contributed by atoms with Crippen molar-refractivity contribution >= 4 is 45.5 Å². The molecule has 5 aromatic rings. The first kappa shape index (κ1) is 24.2. The number of benzene rings is 2. The highest BCUT2D eigenvalue weighted by Gasteiger charge is 2.27. The van der Waals surface area contributed by atoms with Gasteiger partial charge in [0.2, 0.25) is 5.82 Å². The van der Waals surface area contributed by atoms with E-state index in [-0.39, 0.29) is 23.5 Å². The number of nitrogens with one attached hydrogen (secondary N) is 2. The van der Waals surface area contributed by atoms with Crippen LogP contribution in [0.1, 0.15) is 35.1 Å². The van der Waals surface area contributed by atoms with Crippen LogP contribution in [0.15, 0.2) is 59.7 Å². The predicted molar refractivity (Wildman–Crippen MR) is 147 cm³/mol. The molecule has 0 aliphatic carbocycles. The Hall–Kier alpha value is -4.18. The van der Waals surface area contributed by atoms with Crippen LogP contribution in [0.5, 0.6) is 0 Å².